The van der Waals surface area contributed by atoms with Gasteiger partial charge >= 0.3 is 5.97 Å². The third-order valence-electron chi connectivity index (χ3n) is 4.46. The number of fused-ring (bicyclic) bond motifs is 1. The SMILES string of the molecule is Cc1cccc(C(=O)NCC(=O)OCC(=O)c2ccc3c(c2)CCC3)c1. The zero-order chi connectivity index (χ0) is 18.5. The van der Waals surface area contributed by atoms with Crippen molar-refractivity contribution in [2.75, 3.05) is 13.2 Å². The molecule has 0 atom stereocenters. The number of benzene rings is 2. The molecule has 1 N–H and O–H groups in total. The van der Waals surface area contributed by atoms with Crippen LogP contribution in [0.1, 0.15) is 43.8 Å². The highest BCUT2D eigenvalue weighted by Crippen LogP contribution is 2.23. The molecule has 5 nitrogen and oxygen atoms in total. The van der Waals surface area contributed by atoms with Gasteiger partial charge < -0.3 is 10.1 Å². The average molecular weight is 351 g/mol. The molecule has 3 rings (SSSR count). The first-order chi connectivity index (χ1) is 12.5. The van der Waals surface area contributed by atoms with Crippen LogP contribution in [0.5, 0.6) is 0 Å². The van der Waals surface area contributed by atoms with E-state index in [0.29, 0.717) is 11.1 Å². The van der Waals surface area contributed by atoms with Crippen LogP contribution in [0.3, 0.4) is 0 Å². The van der Waals surface area contributed by atoms with Crippen LogP contribution in [-0.2, 0) is 22.4 Å². The van der Waals surface area contributed by atoms with E-state index in [1.807, 2.05) is 25.1 Å². The number of rotatable bonds is 6. The molecule has 1 aliphatic rings. The zero-order valence-corrected chi connectivity index (χ0v) is 14.7. The van der Waals surface area contributed by atoms with Crippen molar-refractivity contribution in [1.82, 2.24) is 5.32 Å². The third kappa shape index (κ3) is 4.36. The van der Waals surface area contributed by atoms with Crippen LogP contribution in [0.4, 0.5) is 0 Å². The lowest BCUT2D eigenvalue weighted by Gasteiger charge is -2.08. The topological polar surface area (TPSA) is 72.5 Å². The summed E-state index contributed by atoms with van der Waals surface area (Å²) < 4.78 is 4.98. The maximum Gasteiger partial charge on any atom is 0.325 e. The van der Waals surface area contributed by atoms with E-state index in [0.717, 1.165) is 24.8 Å². The molecule has 0 heterocycles. The lowest BCUT2D eigenvalue weighted by atomic mass is 10.0. The second-order valence-electron chi connectivity index (χ2n) is 6.47. The molecule has 1 amide bonds. The number of aryl methyl sites for hydroxylation is 3. The van der Waals surface area contributed by atoms with Crippen molar-refractivity contribution in [2.45, 2.75) is 26.2 Å². The Morgan fingerprint density at radius 2 is 1.81 bits per heavy atom. The summed E-state index contributed by atoms with van der Waals surface area (Å²) in [7, 11) is 0. The highest BCUT2D eigenvalue weighted by Gasteiger charge is 2.16. The van der Waals surface area contributed by atoms with Crippen molar-refractivity contribution in [1.29, 1.82) is 0 Å². The summed E-state index contributed by atoms with van der Waals surface area (Å²) in [6, 6.07) is 12.7. The summed E-state index contributed by atoms with van der Waals surface area (Å²) in [4.78, 5) is 35.9. The van der Waals surface area contributed by atoms with Gasteiger partial charge in [0.2, 0.25) is 0 Å². The Morgan fingerprint density at radius 3 is 2.62 bits per heavy atom. The minimum Gasteiger partial charge on any atom is -0.456 e. The van der Waals surface area contributed by atoms with Crippen molar-refractivity contribution in [2.24, 2.45) is 0 Å². The van der Waals surface area contributed by atoms with Gasteiger partial charge in [-0.25, -0.2) is 0 Å². The predicted molar refractivity (Wildman–Crippen MR) is 97.3 cm³/mol. The first-order valence-electron chi connectivity index (χ1n) is 8.68. The number of hydrogen-bond donors (Lipinski definition) is 1. The number of ether oxygens (including phenoxy) is 1. The summed E-state index contributed by atoms with van der Waals surface area (Å²) in [6.45, 7) is 1.29. The van der Waals surface area contributed by atoms with Crippen LogP contribution < -0.4 is 5.32 Å². The van der Waals surface area contributed by atoms with E-state index in [-0.39, 0.29) is 24.8 Å². The van der Waals surface area contributed by atoms with Crippen LogP contribution in [-0.4, -0.2) is 30.8 Å². The number of ketones is 1. The smallest absolute Gasteiger partial charge is 0.325 e. The van der Waals surface area contributed by atoms with E-state index in [1.165, 1.54) is 11.1 Å². The van der Waals surface area contributed by atoms with Gasteiger partial charge in [-0.1, -0.05) is 29.8 Å². The molecule has 5 heteroatoms. The molecule has 2 aromatic rings. The number of nitrogens with one attached hydrogen (secondary N) is 1. The molecule has 1 aliphatic carbocycles. The normalized spacial score (nSPS) is 12.3. The second kappa shape index (κ2) is 7.95. The number of hydrogen-bond acceptors (Lipinski definition) is 4. The molecule has 0 aromatic heterocycles. The van der Waals surface area contributed by atoms with Gasteiger partial charge in [0, 0.05) is 11.1 Å². The van der Waals surface area contributed by atoms with Gasteiger partial charge in [0.25, 0.3) is 5.91 Å². The molecule has 2 aromatic carbocycles. The van der Waals surface area contributed by atoms with Crippen molar-refractivity contribution in [3.8, 4) is 0 Å². The Balaban J connectivity index is 1.46. The highest BCUT2D eigenvalue weighted by atomic mass is 16.5. The van der Waals surface area contributed by atoms with Crippen LogP contribution in [0.15, 0.2) is 42.5 Å². The Kier molecular flexibility index (Phi) is 5.46. The van der Waals surface area contributed by atoms with E-state index in [1.54, 1.807) is 24.3 Å². The molecule has 0 aliphatic heterocycles. The monoisotopic (exact) mass is 351 g/mol. The standard InChI is InChI=1S/C21H21NO4/c1-14-4-2-7-18(10-14)21(25)22-12-20(24)26-13-19(23)17-9-8-15-5-3-6-16(15)11-17/h2,4,7-11H,3,5-6,12-13H2,1H3,(H,22,25). The summed E-state index contributed by atoms with van der Waals surface area (Å²) in [5.74, 6) is -1.23. The first-order valence-corrected chi connectivity index (χ1v) is 8.68. The van der Waals surface area contributed by atoms with E-state index in [4.69, 9.17) is 4.74 Å². The number of amides is 1. The van der Waals surface area contributed by atoms with Crippen LogP contribution in [0.25, 0.3) is 0 Å². The van der Waals surface area contributed by atoms with Gasteiger partial charge in [0.05, 0.1) is 0 Å². The molecule has 0 saturated heterocycles. The average Bonchev–Trinajstić information content (AvgIpc) is 3.11. The second-order valence-corrected chi connectivity index (χ2v) is 6.47. The number of esters is 1. The molecular weight excluding hydrogens is 330 g/mol. The van der Waals surface area contributed by atoms with E-state index >= 15 is 0 Å². The molecule has 134 valence electrons. The van der Waals surface area contributed by atoms with Gasteiger partial charge in [-0.15, -0.1) is 0 Å². The zero-order valence-electron chi connectivity index (χ0n) is 14.7. The number of Topliss-reactive ketones (excluding diaryl/α,β-unsaturated/α-hetero) is 1. The lowest BCUT2D eigenvalue weighted by Crippen LogP contribution is -2.31. The number of carbonyl (C=O) groups is 3. The summed E-state index contributed by atoms with van der Waals surface area (Å²) in [6.07, 6.45) is 3.16. The van der Waals surface area contributed by atoms with E-state index < -0.39 is 5.97 Å². The minimum atomic E-state index is -0.638. The summed E-state index contributed by atoms with van der Waals surface area (Å²) in [5, 5.41) is 2.50. The van der Waals surface area contributed by atoms with Crippen LogP contribution >= 0.6 is 0 Å². The fourth-order valence-corrected chi connectivity index (χ4v) is 3.07. The molecule has 0 unspecified atom stereocenters. The Hall–Kier alpha value is -2.95. The summed E-state index contributed by atoms with van der Waals surface area (Å²) in [5.41, 5.74) is 4.49. The summed E-state index contributed by atoms with van der Waals surface area (Å²) >= 11 is 0. The largest absolute Gasteiger partial charge is 0.456 e. The Labute approximate surface area is 152 Å². The fraction of sp³-hybridized carbons (Fsp3) is 0.286. The molecule has 0 bridgehead atoms. The van der Waals surface area contributed by atoms with E-state index in [9.17, 15) is 14.4 Å². The van der Waals surface area contributed by atoms with Crippen molar-refractivity contribution in [3.05, 3.63) is 70.3 Å². The van der Waals surface area contributed by atoms with Crippen LogP contribution in [0.2, 0.25) is 0 Å². The van der Waals surface area contributed by atoms with Gasteiger partial charge in [-0.2, -0.15) is 0 Å². The van der Waals surface area contributed by atoms with Crippen molar-refractivity contribution in [3.63, 3.8) is 0 Å². The molecule has 0 fully saturated rings. The van der Waals surface area contributed by atoms with Gasteiger partial charge in [-0.3, -0.25) is 14.4 Å². The Bertz CT molecular complexity index is 857. The maximum absolute atomic E-state index is 12.2. The van der Waals surface area contributed by atoms with Gasteiger partial charge in [0.15, 0.2) is 12.4 Å². The molecule has 0 radical (unpaired) electrons. The fourth-order valence-electron chi connectivity index (χ4n) is 3.07. The van der Waals surface area contributed by atoms with Crippen molar-refractivity contribution < 1.29 is 19.1 Å². The minimum absolute atomic E-state index is 0.238. The van der Waals surface area contributed by atoms with Gasteiger partial charge in [-0.05, 0) is 55.5 Å². The predicted octanol–water partition coefficient (Wildman–Crippen LogP) is 2.64. The molecule has 0 saturated carbocycles. The van der Waals surface area contributed by atoms with E-state index in [2.05, 4.69) is 5.32 Å². The third-order valence-corrected chi connectivity index (χ3v) is 4.46. The molecular formula is C21H21NO4. The quantitative estimate of drug-likeness (QED) is 0.641. The first kappa shape index (κ1) is 17.9. The number of carbonyl (C=O) groups excluding carboxylic acids is 3. The van der Waals surface area contributed by atoms with Gasteiger partial charge in [0.1, 0.15) is 6.54 Å². The molecule has 26 heavy (non-hydrogen) atoms. The Morgan fingerprint density at radius 1 is 1.00 bits per heavy atom. The van der Waals surface area contributed by atoms with Crippen LogP contribution in [0, 0.1) is 6.92 Å². The lowest BCUT2D eigenvalue weighted by molar-refractivity contribution is -0.141. The molecule has 0 spiro atoms. The maximum atomic E-state index is 12.2. The highest BCUT2D eigenvalue weighted by molar-refractivity contribution is 5.99. The van der Waals surface area contributed by atoms with Crippen molar-refractivity contribution >= 4 is 17.7 Å².